The van der Waals surface area contributed by atoms with Crippen LogP contribution in [0, 0.1) is 0 Å². The van der Waals surface area contributed by atoms with Gasteiger partial charge in [-0.25, -0.2) is 15.4 Å². The van der Waals surface area contributed by atoms with Gasteiger partial charge in [-0.3, -0.25) is 0 Å². The molecule has 112 valence electrons. The Labute approximate surface area is 129 Å². The number of methoxy groups -OCH3 is 1. The Hall–Kier alpha value is -1.43. The van der Waals surface area contributed by atoms with Crippen molar-refractivity contribution in [3.8, 4) is 16.2 Å². The van der Waals surface area contributed by atoms with E-state index in [-0.39, 0.29) is 0 Å². The van der Waals surface area contributed by atoms with Gasteiger partial charge >= 0.3 is 0 Å². The highest BCUT2D eigenvalue weighted by molar-refractivity contribution is 7.15. The number of para-hydroxylation sites is 1. The molecule has 1 saturated heterocycles. The van der Waals surface area contributed by atoms with E-state index >= 15 is 0 Å². The molecule has 0 saturated carbocycles. The van der Waals surface area contributed by atoms with Crippen molar-refractivity contribution in [3.05, 3.63) is 35.5 Å². The maximum atomic E-state index is 5.42. The third-order valence-electron chi connectivity index (χ3n) is 3.74. The molecular formula is C16H21N3OS. The van der Waals surface area contributed by atoms with Gasteiger partial charge in [-0.1, -0.05) is 18.6 Å². The monoisotopic (exact) mass is 303 g/mol. The molecule has 5 heteroatoms. The van der Waals surface area contributed by atoms with Gasteiger partial charge in [0.25, 0.3) is 0 Å². The highest BCUT2D eigenvalue weighted by atomic mass is 32.1. The van der Waals surface area contributed by atoms with E-state index in [0.717, 1.165) is 40.8 Å². The molecule has 1 fully saturated rings. The molecule has 0 spiro atoms. The molecule has 0 amide bonds. The molecule has 1 aromatic carbocycles. The molecule has 1 aromatic heterocycles. The van der Waals surface area contributed by atoms with Gasteiger partial charge < -0.3 is 4.74 Å². The number of hydrogen-bond acceptors (Lipinski definition) is 5. The van der Waals surface area contributed by atoms with Gasteiger partial charge in [0.15, 0.2) is 0 Å². The van der Waals surface area contributed by atoms with Crippen LogP contribution in [0.4, 0.5) is 0 Å². The van der Waals surface area contributed by atoms with Crippen LogP contribution in [0.3, 0.4) is 0 Å². The van der Waals surface area contributed by atoms with E-state index in [2.05, 4.69) is 21.5 Å². The Morgan fingerprint density at radius 1 is 1.24 bits per heavy atom. The molecule has 2 heterocycles. The maximum absolute atomic E-state index is 5.42. The second kappa shape index (κ2) is 7.02. The lowest BCUT2D eigenvalue weighted by Crippen LogP contribution is -2.41. The van der Waals surface area contributed by atoms with Gasteiger partial charge in [0.05, 0.1) is 18.5 Å². The van der Waals surface area contributed by atoms with Crippen LogP contribution in [-0.2, 0) is 6.54 Å². The minimum absolute atomic E-state index is 0.805. The molecule has 1 aliphatic heterocycles. The second-order valence-corrected chi connectivity index (χ2v) is 6.32. The molecule has 0 aliphatic carbocycles. The van der Waals surface area contributed by atoms with E-state index < -0.39 is 0 Å². The number of aromatic nitrogens is 1. The highest BCUT2D eigenvalue weighted by Gasteiger charge is 2.12. The van der Waals surface area contributed by atoms with Crippen LogP contribution in [0.2, 0.25) is 0 Å². The van der Waals surface area contributed by atoms with Crippen molar-refractivity contribution in [2.45, 2.75) is 25.8 Å². The Balaban J connectivity index is 1.65. The van der Waals surface area contributed by atoms with Crippen LogP contribution in [0.15, 0.2) is 30.5 Å². The van der Waals surface area contributed by atoms with Crippen molar-refractivity contribution in [1.29, 1.82) is 0 Å². The number of piperidine rings is 1. The van der Waals surface area contributed by atoms with E-state index in [0.29, 0.717) is 0 Å². The largest absolute Gasteiger partial charge is 0.496 e. The van der Waals surface area contributed by atoms with Crippen molar-refractivity contribution in [2.75, 3.05) is 20.2 Å². The normalized spacial score (nSPS) is 16.0. The first kappa shape index (κ1) is 14.5. The van der Waals surface area contributed by atoms with Crippen LogP contribution < -0.4 is 10.2 Å². The molecule has 0 unspecified atom stereocenters. The van der Waals surface area contributed by atoms with Gasteiger partial charge in [0.2, 0.25) is 0 Å². The van der Waals surface area contributed by atoms with Crippen molar-refractivity contribution < 1.29 is 4.74 Å². The smallest absolute Gasteiger partial charge is 0.127 e. The van der Waals surface area contributed by atoms with Crippen molar-refractivity contribution >= 4 is 11.3 Å². The number of hydrazine groups is 1. The number of nitrogens with one attached hydrogen (secondary N) is 1. The average molecular weight is 303 g/mol. The predicted molar refractivity (Wildman–Crippen MR) is 86.4 cm³/mol. The summed E-state index contributed by atoms with van der Waals surface area (Å²) >= 11 is 1.72. The summed E-state index contributed by atoms with van der Waals surface area (Å²) in [4.78, 5) is 5.68. The standard InChI is InChI=1S/C16H21N3OS/c1-20-14-8-4-3-7-13(14)15-11-17-16(21-15)12-18-19-9-5-2-6-10-19/h3-4,7-8,11,18H,2,5-6,9-10,12H2,1H3. The predicted octanol–water partition coefficient (Wildman–Crippen LogP) is 3.31. The van der Waals surface area contributed by atoms with Crippen molar-refractivity contribution in [2.24, 2.45) is 0 Å². The summed E-state index contributed by atoms with van der Waals surface area (Å²) in [5, 5.41) is 3.43. The topological polar surface area (TPSA) is 37.4 Å². The van der Waals surface area contributed by atoms with E-state index in [1.807, 2.05) is 24.4 Å². The summed E-state index contributed by atoms with van der Waals surface area (Å²) in [5.41, 5.74) is 4.59. The fourth-order valence-corrected chi connectivity index (χ4v) is 3.48. The minimum atomic E-state index is 0.805. The molecule has 0 atom stereocenters. The lowest BCUT2D eigenvalue weighted by molar-refractivity contribution is 0.151. The molecule has 21 heavy (non-hydrogen) atoms. The van der Waals surface area contributed by atoms with Crippen LogP contribution in [-0.4, -0.2) is 30.2 Å². The van der Waals surface area contributed by atoms with Crippen molar-refractivity contribution in [3.63, 3.8) is 0 Å². The lowest BCUT2D eigenvalue weighted by Gasteiger charge is -2.26. The Morgan fingerprint density at radius 3 is 2.86 bits per heavy atom. The van der Waals surface area contributed by atoms with Gasteiger partial charge in [-0.2, -0.15) is 0 Å². The minimum Gasteiger partial charge on any atom is -0.496 e. The number of benzene rings is 1. The molecule has 1 N–H and O–H groups in total. The number of ether oxygens (including phenoxy) is 1. The van der Waals surface area contributed by atoms with Crippen LogP contribution in [0.1, 0.15) is 24.3 Å². The molecular weight excluding hydrogens is 282 g/mol. The van der Waals surface area contributed by atoms with Gasteiger partial charge in [0, 0.05) is 24.8 Å². The first-order valence-electron chi connectivity index (χ1n) is 7.43. The van der Waals surface area contributed by atoms with E-state index in [4.69, 9.17) is 4.74 Å². The van der Waals surface area contributed by atoms with Gasteiger partial charge in [-0.15, -0.1) is 11.3 Å². The molecule has 0 radical (unpaired) electrons. The molecule has 1 aliphatic rings. The SMILES string of the molecule is COc1ccccc1-c1cnc(CNN2CCCCC2)s1. The summed E-state index contributed by atoms with van der Waals surface area (Å²) < 4.78 is 5.42. The first-order valence-corrected chi connectivity index (χ1v) is 8.25. The maximum Gasteiger partial charge on any atom is 0.127 e. The molecule has 4 nitrogen and oxygen atoms in total. The van der Waals surface area contributed by atoms with Crippen LogP contribution in [0.5, 0.6) is 5.75 Å². The highest BCUT2D eigenvalue weighted by Crippen LogP contribution is 2.33. The second-order valence-electron chi connectivity index (χ2n) is 5.20. The molecule has 3 rings (SSSR count). The lowest BCUT2D eigenvalue weighted by atomic mass is 10.2. The Kier molecular flexibility index (Phi) is 4.85. The third kappa shape index (κ3) is 3.61. The fourth-order valence-electron chi connectivity index (χ4n) is 2.60. The van der Waals surface area contributed by atoms with E-state index in [1.54, 1.807) is 18.4 Å². The summed E-state index contributed by atoms with van der Waals surface area (Å²) in [6.45, 7) is 3.09. The number of rotatable bonds is 5. The zero-order valence-corrected chi connectivity index (χ0v) is 13.2. The summed E-state index contributed by atoms with van der Waals surface area (Å²) in [6.07, 6.45) is 5.87. The number of nitrogens with zero attached hydrogens (tertiary/aromatic N) is 2. The number of hydrogen-bond donors (Lipinski definition) is 1. The summed E-state index contributed by atoms with van der Waals surface area (Å²) in [6, 6.07) is 8.08. The van der Waals surface area contributed by atoms with Gasteiger partial charge in [0.1, 0.15) is 10.8 Å². The fraction of sp³-hybridized carbons (Fsp3) is 0.438. The summed E-state index contributed by atoms with van der Waals surface area (Å²) in [7, 11) is 1.71. The molecule has 2 aromatic rings. The Morgan fingerprint density at radius 2 is 2.05 bits per heavy atom. The zero-order chi connectivity index (χ0) is 14.5. The Bertz CT molecular complexity index is 578. The van der Waals surface area contributed by atoms with E-state index in [1.165, 1.54) is 19.3 Å². The molecule has 0 bridgehead atoms. The van der Waals surface area contributed by atoms with Crippen molar-refractivity contribution in [1.82, 2.24) is 15.4 Å². The first-order chi connectivity index (χ1) is 10.4. The van der Waals surface area contributed by atoms with Crippen LogP contribution >= 0.6 is 11.3 Å². The van der Waals surface area contributed by atoms with Crippen LogP contribution in [0.25, 0.3) is 10.4 Å². The third-order valence-corrected chi connectivity index (χ3v) is 4.77. The van der Waals surface area contributed by atoms with E-state index in [9.17, 15) is 0 Å². The quantitative estimate of drug-likeness (QED) is 0.919. The van der Waals surface area contributed by atoms with Gasteiger partial charge in [-0.05, 0) is 25.0 Å². The zero-order valence-electron chi connectivity index (χ0n) is 12.3. The number of thiazole rings is 1. The summed E-state index contributed by atoms with van der Waals surface area (Å²) in [5.74, 6) is 0.900. The average Bonchev–Trinajstić information content (AvgIpc) is 3.02.